The Kier molecular flexibility index (Phi) is 3.93. The maximum atomic E-state index is 11.9. The van der Waals surface area contributed by atoms with E-state index in [1.54, 1.807) is 38.5 Å². The number of carbonyl (C=O) groups is 1. The molecular formula is C16H13NO4S. The number of cyclic esters (lactones) is 1. The summed E-state index contributed by atoms with van der Waals surface area (Å²) < 4.78 is 15.7. The lowest BCUT2D eigenvalue weighted by Gasteiger charge is -2.07. The van der Waals surface area contributed by atoms with Gasteiger partial charge >= 0.3 is 5.97 Å². The third-order valence-corrected chi connectivity index (χ3v) is 3.86. The molecule has 0 saturated carbocycles. The quantitative estimate of drug-likeness (QED) is 0.642. The highest BCUT2D eigenvalue weighted by Crippen LogP contribution is 2.26. The first kappa shape index (κ1) is 14.3. The fraction of sp³-hybridized carbons (Fsp3) is 0.125. The molecule has 1 aromatic heterocycles. The van der Waals surface area contributed by atoms with Gasteiger partial charge in [0.1, 0.15) is 11.5 Å². The van der Waals surface area contributed by atoms with E-state index in [0.717, 1.165) is 4.88 Å². The number of thiophene rings is 1. The minimum absolute atomic E-state index is 0.241. The fourth-order valence-corrected chi connectivity index (χ4v) is 2.62. The zero-order valence-corrected chi connectivity index (χ0v) is 12.8. The molecule has 0 amide bonds. The summed E-state index contributed by atoms with van der Waals surface area (Å²) in [6.45, 7) is 0. The second-order valence-corrected chi connectivity index (χ2v) is 5.43. The van der Waals surface area contributed by atoms with E-state index in [2.05, 4.69) is 4.99 Å². The van der Waals surface area contributed by atoms with E-state index in [9.17, 15) is 4.79 Å². The summed E-state index contributed by atoms with van der Waals surface area (Å²) in [4.78, 5) is 17.1. The van der Waals surface area contributed by atoms with Gasteiger partial charge in [-0.2, -0.15) is 0 Å². The van der Waals surface area contributed by atoms with Gasteiger partial charge in [-0.1, -0.05) is 6.07 Å². The smallest absolute Gasteiger partial charge is 0.363 e. The number of esters is 1. The fourth-order valence-electron chi connectivity index (χ4n) is 1.97. The molecule has 0 saturated heterocycles. The van der Waals surface area contributed by atoms with Gasteiger partial charge in [0.05, 0.1) is 14.2 Å². The van der Waals surface area contributed by atoms with Crippen LogP contribution in [-0.4, -0.2) is 26.1 Å². The molecule has 0 aliphatic carbocycles. The Bertz CT molecular complexity index is 740. The number of benzene rings is 1. The van der Waals surface area contributed by atoms with Gasteiger partial charge in [0.25, 0.3) is 0 Å². The van der Waals surface area contributed by atoms with Crippen molar-refractivity contribution in [1.82, 2.24) is 0 Å². The molecule has 1 aliphatic rings. The Balaban J connectivity index is 1.97. The summed E-state index contributed by atoms with van der Waals surface area (Å²) in [7, 11) is 3.12. The van der Waals surface area contributed by atoms with Gasteiger partial charge in [0.15, 0.2) is 5.70 Å². The molecule has 0 spiro atoms. The molecule has 0 atom stereocenters. The minimum Gasteiger partial charge on any atom is -0.497 e. The highest BCUT2D eigenvalue weighted by molar-refractivity contribution is 7.10. The van der Waals surface area contributed by atoms with Crippen LogP contribution < -0.4 is 9.47 Å². The first-order valence-corrected chi connectivity index (χ1v) is 7.37. The Labute approximate surface area is 131 Å². The largest absolute Gasteiger partial charge is 0.497 e. The first-order valence-electron chi connectivity index (χ1n) is 6.49. The molecule has 2 heterocycles. The first-order chi connectivity index (χ1) is 10.7. The van der Waals surface area contributed by atoms with Gasteiger partial charge in [-0.15, -0.1) is 11.3 Å². The topological polar surface area (TPSA) is 57.1 Å². The molecule has 0 fully saturated rings. The van der Waals surface area contributed by atoms with Crippen molar-refractivity contribution in [3.05, 3.63) is 51.8 Å². The molecule has 1 aromatic carbocycles. The number of nitrogens with zero attached hydrogens (tertiary/aromatic N) is 1. The Morgan fingerprint density at radius 1 is 1.18 bits per heavy atom. The Morgan fingerprint density at radius 3 is 2.50 bits per heavy atom. The van der Waals surface area contributed by atoms with Gasteiger partial charge in [-0.05, 0) is 29.7 Å². The summed E-state index contributed by atoms with van der Waals surface area (Å²) in [6.07, 6.45) is 1.71. The maximum Gasteiger partial charge on any atom is 0.363 e. The lowest BCUT2D eigenvalue weighted by molar-refractivity contribution is -0.129. The normalized spacial score (nSPS) is 15.6. The van der Waals surface area contributed by atoms with Crippen molar-refractivity contribution in [2.24, 2.45) is 4.99 Å². The number of hydrogen-bond donors (Lipinski definition) is 0. The van der Waals surface area contributed by atoms with Crippen LogP contribution in [-0.2, 0) is 9.53 Å². The summed E-state index contributed by atoms with van der Waals surface area (Å²) >= 11 is 1.53. The summed E-state index contributed by atoms with van der Waals surface area (Å²) in [5.41, 5.74) is 0.901. The van der Waals surface area contributed by atoms with E-state index >= 15 is 0 Å². The van der Waals surface area contributed by atoms with Gasteiger partial charge < -0.3 is 14.2 Å². The van der Waals surface area contributed by atoms with Crippen LogP contribution in [0.5, 0.6) is 11.5 Å². The van der Waals surface area contributed by atoms with Crippen molar-refractivity contribution in [2.45, 2.75) is 0 Å². The van der Waals surface area contributed by atoms with Crippen molar-refractivity contribution in [3.8, 4) is 11.5 Å². The van der Waals surface area contributed by atoms with Crippen LogP contribution in [0.3, 0.4) is 0 Å². The van der Waals surface area contributed by atoms with Crippen LogP contribution >= 0.6 is 11.3 Å². The van der Waals surface area contributed by atoms with Crippen LogP contribution in [0.2, 0.25) is 0 Å². The predicted molar refractivity (Wildman–Crippen MR) is 84.5 cm³/mol. The van der Waals surface area contributed by atoms with Gasteiger partial charge in [0.2, 0.25) is 5.90 Å². The number of rotatable bonds is 4. The SMILES string of the molecule is COc1cc(OC)cc(C2=N/C(=C/c3cccs3)C(=O)O2)c1. The van der Waals surface area contributed by atoms with E-state index in [0.29, 0.717) is 17.1 Å². The van der Waals surface area contributed by atoms with Crippen LogP contribution in [0.25, 0.3) is 6.08 Å². The van der Waals surface area contributed by atoms with Crippen LogP contribution in [0.1, 0.15) is 10.4 Å². The van der Waals surface area contributed by atoms with Crippen LogP contribution in [0.15, 0.2) is 46.4 Å². The third-order valence-electron chi connectivity index (χ3n) is 3.04. The highest BCUT2D eigenvalue weighted by atomic mass is 32.1. The summed E-state index contributed by atoms with van der Waals surface area (Å²) in [5.74, 6) is 0.975. The number of methoxy groups -OCH3 is 2. The molecule has 1 aliphatic heterocycles. The number of ether oxygens (including phenoxy) is 3. The van der Waals surface area contributed by atoms with Gasteiger partial charge in [0, 0.05) is 16.5 Å². The van der Waals surface area contributed by atoms with Crippen molar-refractivity contribution >= 4 is 29.3 Å². The molecular weight excluding hydrogens is 302 g/mol. The number of carbonyl (C=O) groups excluding carboxylic acids is 1. The van der Waals surface area contributed by atoms with E-state index in [-0.39, 0.29) is 11.6 Å². The molecule has 6 heteroatoms. The third kappa shape index (κ3) is 2.87. The molecule has 0 bridgehead atoms. The second-order valence-electron chi connectivity index (χ2n) is 4.45. The van der Waals surface area contributed by atoms with Crippen LogP contribution in [0.4, 0.5) is 0 Å². The van der Waals surface area contributed by atoms with E-state index in [4.69, 9.17) is 14.2 Å². The zero-order chi connectivity index (χ0) is 15.5. The highest BCUT2D eigenvalue weighted by Gasteiger charge is 2.25. The molecule has 0 N–H and O–H groups in total. The summed E-state index contributed by atoms with van der Waals surface area (Å²) in [6, 6.07) is 9.04. The van der Waals surface area contributed by atoms with Gasteiger partial charge in [-0.3, -0.25) is 0 Å². The minimum atomic E-state index is -0.467. The number of hydrogen-bond acceptors (Lipinski definition) is 6. The average Bonchev–Trinajstić information content (AvgIpc) is 3.17. The maximum absolute atomic E-state index is 11.9. The standard InChI is InChI=1S/C16H13NO4S/c1-19-11-6-10(7-12(8-11)20-2)15-17-14(16(18)21-15)9-13-4-3-5-22-13/h3-9H,1-2H3/b14-9+. The molecule has 2 aromatic rings. The van der Waals surface area contributed by atoms with E-state index < -0.39 is 5.97 Å². The zero-order valence-electron chi connectivity index (χ0n) is 12.0. The Hall–Kier alpha value is -2.60. The lowest BCUT2D eigenvalue weighted by atomic mass is 10.2. The molecule has 3 rings (SSSR count). The number of aliphatic imine (C=N–C) groups is 1. The van der Waals surface area contributed by atoms with Crippen molar-refractivity contribution < 1.29 is 19.0 Å². The lowest BCUT2D eigenvalue weighted by Crippen LogP contribution is -2.06. The summed E-state index contributed by atoms with van der Waals surface area (Å²) in [5, 5.41) is 1.93. The van der Waals surface area contributed by atoms with E-state index in [1.165, 1.54) is 11.3 Å². The molecule has 22 heavy (non-hydrogen) atoms. The molecule has 5 nitrogen and oxygen atoms in total. The second kappa shape index (κ2) is 6.03. The van der Waals surface area contributed by atoms with Crippen LogP contribution in [0, 0.1) is 0 Å². The van der Waals surface area contributed by atoms with Crippen molar-refractivity contribution in [2.75, 3.05) is 14.2 Å². The molecule has 0 radical (unpaired) electrons. The molecule has 112 valence electrons. The monoisotopic (exact) mass is 315 g/mol. The average molecular weight is 315 g/mol. The predicted octanol–water partition coefficient (Wildman–Crippen LogP) is 3.11. The molecule has 0 unspecified atom stereocenters. The van der Waals surface area contributed by atoms with Gasteiger partial charge in [-0.25, -0.2) is 9.79 Å². The van der Waals surface area contributed by atoms with Crippen molar-refractivity contribution in [1.29, 1.82) is 0 Å². The van der Waals surface area contributed by atoms with Crippen molar-refractivity contribution in [3.63, 3.8) is 0 Å². The Morgan fingerprint density at radius 2 is 1.91 bits per heavy atom. The van der Waals surface area contributed by atoms with E-state index in [1.807, 2.05) is 17.5 Å².